The van der Waals surface area contributed by atoms with E-state index in [0.29, 0.717) is 5.92 Å². The Morgan fingerprint density at radius 1 is 1.06 bits per heavy atom. The number of hydrogen-bond donors (Lipinski definition) is 0. The summed E-state index contributed by atoms with van der Waals surface area (Å²) in [6.45, 7) is 4.51. The Kier molecular flexibility index (Phi) is 2.38. The number of allylic oxidation sites excluding steroid dienone is 2. The van der Waals surface area contributed by atoms with E-state index in [1.807, 2.05) is 0 Å². The molecule has 1 aromatic rings. The third kappa shape index (κ3) is 1.61. The largest absolute Gasteiger partial charge is 0.0773 e. The molecule has 2 bridgehead atoms. The molecule has 2 unspecified atom stereocenters. The van der Waals surface area contributed by atoms with Gasteiger partial charge in [-0.25, -0.2) is 0 Å². The van der Waals surface area contributed by atoms with Gasteiger partial charge in [0.15, 0.2) is 0 Å². The van der Waals surface area contributed by atoms with Crippen LogP contribution in [0.25, 0.3) is 5.57 Å². The molecule has 0 radical (unpaired) electrons. The number of hydrogen-bond acceptors (Lipinski definition) is 0. The highest BCUT2D eigenvalue weighted by molar-refractivity contribution is 5.70. The predicted octanol–water partition coefficient (Wildman–Crippen LogP) is 4.62. The summed E-state index contributed by atoms with van der Waals surface area (Å²) in [5, 5.41) is 0. The topological polar surface area (TPSA) is 0 Å². The molecule has 0 aliphatic heterocycles. The van der Waals surface area contributed by atoms with Gasteiger partial charge in [-0.1, -0.05) is 44.2 Å². The summed E-state index contributed by atoms with van der Waals surface area (Å²) in [6.07, 6.45) is 6.79. The molecule has 2 aliphatic rings. The van der Waals surface area contributed by atoms with E-state index in [4.69, 9.17) is 0 Å². The normalized spacial score (nSPS) is 27.6. The minimum atomic E-state index is 0.642. The second-order valence-corrected chi connectivity index (χ2v) is 5.67. The van der Waals surface area contributed by atoms with Gasteiger partial charge in [0.2, 0.25) is 0 Å². The van der Waals surface area contributed by atoms with Crippen molar-refractivity contribution in [1.82, 2.24) is 0 Å². The highest BCUT2D eigenvalue weighted by Crippen LogP contribution is 2.47. The number of rotatable bonds is 2. The van der Waals surface area contributed by atoms with Crippen molar-refractivity contribution in [3.8, 4) is 0 Å². The molecule has 1 saturated carbocycles. The first-order chi connectivity index (χ1) is 7.74. The van der Waals surface area contributed by atoms with Crippen LogP contribution in [0.5, 0.6) is 0 Å². The molecule has 2 atom stereocenters. The van der Waals surface area contributed by atoms with Crippen molar-refractivity contribution in [2.24, 2.45) is 11.8 Å². The molecule has 1 fully saturated rings. The van der Waals surface area contributed by atoms with E-state index >= 15 is 0 Å². The minimum absolute atomic E-state index is 0.642. The molecule has 0 heterocycles. The van der Waals surface area contributed by atoms with E-state index in [9.17, 15) is 0 Å². The maximum atomic E-state index is 2.53. The van der Waals surface area contributed by atoms with Crippen molar-refractivity contribution >= 4 is 5.57 Å². The van der Waals surface area contributed by atoms with E-state index in [-0.39, 0.29) is 0 Å². The van der Waals surface area contributed by atoms with Gasteiger partial charge in [0.05, 0.1) is 0 Å². The maximum Gasteiger partial charge on any atom is -0.0153 e. The number of fused-ring (bicyclic) bond motifs is 2. The lowest BCUT2D eigenvalue weighted by atomic mass is 9.91. The molecule has 0 spiro atoms. The Morgan fingerprint density at radius 2 is 1.81 bits per heavy atom. The first-order valence-electron chi connectivity index (χ1n) is 6.56. The van der Waals surface area contributed by atoms with Gasteiger partial charge in [-0.15, -0.1) is 0 Å². The van der Waals surface area contributed by atoms with Crippen molar-refractivity contribution in [2.45, 2.75) is 39.0 Å². The molecule has 0 nitrogen and oxygen atoms in total. The molecule has 0 aromatic heterocycles. The fourth-order valence-electron chi connectivity index (χ4n) is 3.23. The fraction of sp³-hybridized carbons (Fsp3) is 0.500. The number of benzene rings is 1. The Balaban J connectivity index is 1.88. The van der Waals surface area contributed by atoms with Crippen molar-refractivity contribution in [3.63, 3.8) is 0 Å². The maximum absolute atomic E-state index is 2.53. The Bertz CT molecular complexity index is 408. The minimum Gasteiger partial charge on any atom is -0.0773 e. The van der Waals surface area contributed by atoms with E-state index < -0.39 is 0 Å². The van der Waals surface area contributed by atoms with Crippen LogP contribution in [0.2, 0.25) is 0 Å². The second-order valence-electron chi connectivity index (χ2n) is 5.67. The average molecular weight is 212 g/mol. The Labute approximate surface area is 98.4 Å². The molecule has 2 aliphatic carbocycles. The quantitative estimate of drug-likeness (QED) is 0.671. The molecule has 0 N–H and O–H groups in total. The summed E-state index contributed by atoms with van der Waals surface area (Å²) in [5.74, 6) is 2.41. The van der Waals surface area contributed by atoms with Gasteiger partial charge in [0.1, 0.15) is 0 Å². The monoisotopic (exact) mass is 212 g/mol. The van der Waals surface area contributed by atoms with Gasteiger partial charge in [0.25, 0.3) is 0 Å². The van der Waals surface area contributed by atoms with Crippen molar-refractivity contribution in [2.75, 3.05) is 0 Å². The average Bonchev–Trinajstić information content (AvgIpc) is 2.91. The predicted molar refractivity (Wildman–Crippen MR) is 69.3 cm³/mol. The van der Waals surface area contributed by atoms with Crippen LogP contribution in [-0.2, 0) is 0 Å². The summed E-state index contributed by atoms with van der Waals surface area (Å²) in [6, 6.07) is 9.24. The van der Waals surface area contributed by atoms with Crippen LogP contribution in [0, 0.1) is 11.8 Å². The molecule has 0 heteroatoms. The first kappa shape index (κ1) is 10.1. The van der Waals surface area contributed by atoms with Gasteiger partial charge in [-0.2, -0.15) is 0 Å². The zero-order valence-corrected chi connectivity index (χ0v) is 10.2. The SMILES string of the molecule is CC(C)c1ccc(C2=CC3CCC2C3)cc1. The van der Waals surface area contributed by atoms with Crippen LogP contribution in [0.3, 0.4) is 0 Å². The lowest BCUT2D eigenvalue weighted by molar-refractivity contribution is 0.695. The summed E-state index contributed by atoms with van der Waals surface area (Å²) < 4.78 is 0. The fourth-order valence-corrected chi connectivity index (χ4v) is 3.23. The molecule has 1 aromatic carbocycles. The third-order valence-electron chi connectivity index (χ3n) is 4.24. The van der Waals surface area contributed by atoms with E-state index in [0.717, 1.165) is 11.8 Å². The van der Waals surface area contributed by atoms with E-state index in [1.54, 1.807) is 5.57 Å². The molecule has 0 amide bonds. The first-order valence-corrected chi connectivity index (χ1v) is 6.56. The summed E-state index contributed by atoms with van der Waals surface area (Å²) in [4.78, 5) is 0. The van der Waals surface area contributed by atoms with Crippen LogP contribution in [0.4, 0.5) is 0 Å². The summed E-state index contributed by atoms with van der Waals surface area (Å²) in [5.41, 5.74) is 4.55. The Morgan fingerprint density at radius 3 is 2.31 bits per heavy atom. The summed E-state index contributed by atoms with van der Waals surface area (Å²) in [7, 11) is 0. The summed E-state index contributed by atoms with van der Waals surface area (Å²) >= 11 is 0. The van der Waals surface area contributed by atoms with Crippen molar-refractivity contribution in [1.29, 1.82) is 0 Å². The van der Waals surface area contributed by atoms with Crippen LogP contribution >= 0.6 is 0 Å². The lowest BCUT2D eigenvalue weighted by Gasteiger charge is -2.14. The molecular formula is C16H20. The molecule has 84 valence electrons. The van der Waals surface area contributed by atoms with E-state index in [2.05, 4.69) is 44.2 Å². The molecule has 16 heavy (non-hydrogen) atoms. The van der Waals surface area contributed by atoms with Gasteiger partial charge >= 0.3 is 0 Å². The van der Waals surface area contributed by atoms with Crippen molar-refractivity contribution < 1.29 is 0 Å². The Hall–Kier alpha value is -1.04. The van der Waals surface area contributed by atoms with Gasteiger partial charge in [-0.3, -0.25) is 0 Å². The van der Waals surface area contributed by atoms with Gasteiger partial charge in [-0.05, 0) is 53.7 Å². The van der Waals surface area contributed by atoms with Crippen LogP contribution < -0.4 is 0 Å². The smallest absolute Gasteiger partial charge is 0.0153 e. The van der Waals surface area contributed by atoms with Crippen LogP contribution in [0.15, 0.2) is 30.3 Å². The van der Waals surface area contributed by atoms with Gasteiger partial charge in [0, 0.05) is 0 Å². The standard InChI is InChI=1S/C16H20/c1-11(2)13-5-7-14(8-6-13)16-10-12-3-4-15(16)9-12/h5-8,10-12,15H,3-4,9H2,1-2H3. The molecular weight excluding hydrogens is 192 g/mol. The molecule has 3 rings (SSSR count). The third-order valence-corrected chi connectivity index (χ3v) is 4.24. The van der Waals surface area contributed by atoms with Crippen LogP contribution in [0.1, 0.15) is 50.2 Å². The van der Waals surface area contributed by atoms with Gasteiger partial charge < -0.3 is 0 Å². The zero-order valence-electron chi connectivity index (χ0n) is 10.2. The van der Waals surface area contributed by atoms with Crippen LogP contribution in [-0.4, -0.2) is 0 Å². The zero-order chi connectivity index (χ0) is 11.1. The highest BCUT2D eigenvalue weighted by atomic mass is 14.4. The highest BCUT2D eigenvalue weighted by Gasteiger charge is 2.32. The van der Waals surface area contributed by atoms with E-state index in [1.165, 1.54) is 30.4 Å². The van der Waals surface area contributed by atoms with Crippen molar-refractivity contribution in [3.05, 3.63) is 41.5 Å². The molecule has 0 saturated heterocycles. The lowest BCUT2D eigenvalue weighted by Crippen LogP contribution is -1.97. The second kappa shape index (κ2) is 3.76.